The monoisotopic (exact) mass is 347 g/mol. The molecule has 128 valence electrons. The molecule has 1 aliphatic rings. The molecule has 3 heterocycles. The summed E-state index contributed by atoms with van der Waals surface area (Å²) in [7, 11) is 1.80. The van der Waals surface area contributed by atoms with Crippen LogP contribution in [-0.2, 0) is 0 Å². The molecule has 2 aromatic rings. The summed E-state index contributed by atoms with van der Waals surface area (Å²) in [6, 6.07) is 5.57. The number of carbonyl (C=O) groups is 1. The maximum absolute atomic E-state index is 12.1. The molecule has 1 fully saturated rings. The van der Waals surface area contributed by atoms with E-state index in [0.29, 0.717) is 24.4 Å². The number of nitrogens with zero attached hydrogens (tertiary/aromatic N) is 3. The molecule has 0 radical (unpaired) electrons. The van der Waals surface area contributed by atoms with Gasteiger partial charge in [0.2, 0.25) is 0 Å². The molecule has 0 spiro atoms. The van der Waals surface area contributed by atoms with Gasteiger partial charge in [0.15, 0.2) is 0 Å². The zero-order chi connectivity index (χ0) is 17.2. The first-order chi connectivity index (χ1) is 11.5. The van der Waals surface area contributed by atoms with Crippen molar-refractivity contribution in [3.8, 4) is 0 Å². The quantitative estimate of drug-likeness (QED) is 0.754. The van der Waals surface area contributed by atoms with Gasteiger partial charge in [-0.2, -0.15) is 0 Å². The van der Waals surface area contributed by atoms with Crippen LogP contribution >= 0.6 is 11.3 Å². The van der Waals surface area contributed by atoms with E-state index < -0.39 is 5.60 Å². The Morgan fingerprint density at radius 2 is 2.29 bits per heavy atom. The van der Waals surface area contributed by atoms with Gasteiger partial charge in [-0.05, 0) is 25.5 Å². The van der Waals surface area contributed by atoms with Crippen LogP contribution in [0, 0.1) is 6.92 Å². The highest BCUT2D eigenvalue weighted by atomic mass is 32.1. The molecule has 1 aliphatic heterocycles. The third-order valence-corrected chi connectivity index (χ3v) is 5.11. The Hall–Kier alpha value is -2.19. The van der Waals surface area contributed by atoms with Crippen LogP contribution in [0.1, 0.15) is 21.0 Å². The Morgan fingerprint density at radius 3 is 3.00 bits per heavy atom. The summed E-state index contributed by atoms with van der Waals surface area (Å²) < 4.78 is 0. The number of amides is 1. The van der Waals surface area contributed by atoms with Crippen molar-refractivity contribution in [2.45, 2.75) is 18.9 Å². The number of β-amino-alcohol motifs (C(OH)–C–C–N with tert-alkyl or cyclic N) is 1. The van der Waals surface area contributed by atoms with E-state index >= 15 is 0 Å². The number of hydrogen-bond acceptors (Lipinski definition) is 7. The molecule has 1 amide bonds. The number of aryl methyl sites for hydroxylation is 1. The number of aliphatic hydroxyl groups is 1. The van der Waals surface area contributed by atoms with Gasteiger partial charge in [0.1, 0.15) is 23.6 Å². The Kier molecular flexibility index (Phi) is 4.68. The van der Waals surface area contributed by atoms with Gasteiger partial charge in [-0.3, -0.25) is 4.79 Å². The second-order valence-corrected chi connectivity index (χ2v) is 7.29. The number of anilines is 2. The van der Waals surface area contributed by atoms with Crippen LogP contribution in [0.5, 0.6) is 0 Å². The Bertz CT molecular complexity index is 735. The SMILES string of the molecule is CNc1cc(N2CC[C@@](O)(CNC(=O)c3ccc(C)s3)C2)ncn1. The maximum Gasteiger partial charge on any atom is 0.261 e. The van der Waals surface area contributed by atoms with Crippen LogP contribution in [0.25, 0.3) is 0 Å². The van der Waals surface area contributed by atoms with Crippen LogP contribution in [0.15, 0.2) is 24.5 Å². The molecule has 3 rings (SSSR count). The highest BCUT2D eigenvalue weighted by molar-refractivity contribution is 7.13. The third kappa shape index (κ3) is 3.65. The minimum Gasteiger partial charge on any atom is -0.386 e. The number of nitrogens with one attached hydrogen (secondary N) is 2. The smallest absolute Gasteiger partial charge is 0.261 e. The fourth-order valence-corrected chi connectivity index (χ4v) is 3.53. The molecule has 8 heteroatoms. The van der Waals surface area contributed by atoms with Gasteiger partial charge in [-0.15, -0.1) is 11.3 Å². The van der Waals surface area contributed by atoms with Crippen LogP contribution in [0.3, 0.4) is 0 Å². The van der Waals surface area contributed by atoms with Crippen molar-refractivity contribution in [2.24, 2.45) is 0 Å². The topological polar surface area (TPSA) is 90.4 Å². The lowest BCUT2D eigenvalue weighted by molar-refractivity contribution is 0.0577. The predicted molar refractivity (Wildman–Crippen MR) is 94.7 cm³/mol. The van der Waals surface area contributed by atoms with Crippen molar-refractivity contribution in [3.63, 3.8) is 0 Å². The summed E-state index contributed by atoms with van der Waals surface area (Å²) in [5.41, 5.74) is -0.952. The summed E-state index contributed by atoms with van der Waals surface area (Å²) in [5.74, 6) is 1.36. The van der Waals surface area contributed by atoms with E-state index in [2.05, 4.69) is 20.6 Å². The summed E-state index contributed by atoms with van der Waals surface area (Å²) in [4.78, 5) is 24.3. The molecule has 1 atom stereocenters. The predicted octanol–water partition coefficient (Wildman–Crippen LogP) is 1.26. The van der Waals surface area contributed by atoms with Gasteiger partial charge in [0, 0.05) is 37.6 Å². The largest absolute Gasteiger partial charge is 0.386 e. The molecule has 0 aromatic carbocycles. The van der Waals surface area contributed by atoms with Crippen molar-refractivity contribution in [3.05, 3.63) is 34.3 Å². The Morgan fingerprint density at radius 1 is 1.46 bits per heavy atom. The molecule has 3 N–H and O–H groups in total. The van der Waals surface area contributed by atoms with Crippen LogP contribution in [0.2, 0.25) is 0 Å². The molecule has 0 aliphatic carbocycles. The minimum absolute atomic E-state index is 0.139. The molecule has 0 saturated carbocycles. The number of carbonyl (C=O) groups excluding carboxylic acids is 1. The van der Waals surface area contributed by atoms with E-state index in [1.54, 1.807) is 13.1 Å². The van der Waals surface area contributed by atoms with E-state index in [0.717, 1.165) is 16.5 Å². The highest BCUT2D eigenvalue weighted by Gasteiger charge is 2.37. The molecular formula is C16H21N5O2S. The van der Waals surface area contributed by atoms with E-state index in [1.807, 2.05) is 24.0 Å². The second-order valence-electron chi connectivity index (χ2n) is 6.00. The first-order valence-electron chi connectivity index (χ1n) is 7.81. The van der Waals surface area contributed by atoms with Crippen molar-refractivity contribution >= 4 is 28.9 Å². The zero-order valence-corrected chi connectivity index (χ0v) is 14.6. The minimum atomic E-state index is -0.952. The van der Waals surface area contributed by atoms with Crippen molar-refractivity contribution in [2.75, 3.05) is 36.9 Å². The molecule has 0 bridgehead atoms. The number of thiophene rings is 1. The Balaban J connectivity index is 1.60. The van der Waals surface area contributed by atoms with Gasteiger partial charge in [-0.25, -0.2) is 9.97 Å². The van der Waals surface area contributed by atoms with Crippen molar-refractivity contribution in [1.29, 1.82) is 0 Å². The normalized spacial score (nSPS) is 20.2. The Labute approximate surface area is 144 Å². The van der Waals surface area contributed by atoms with Crippen LogP contribution in [0.4, 0.5) is 11.6 Å². The highest BCUT2D eigenvalue weighted by Crippen LogP contribution is 2.26. The number of hydrogen-bond donors (Lipinski definition) is 3. The number of aromatic nitrogens is 2. The van der Waals surface area contributed by atoms with E-state index in [9.17, 15) is 9.90 Å². The average Bonchev–Trinajstić information content (AvgIpc) is 3.19. The van der Waals surface area contributed by atoms with Gasteiger partial charge in [0.05, 0.1) is 4.88 Å². The summed E-state index contributed by atoms with van der Waals surface area (Å²) in [6.45, 7) is 3.30. The van der Waals surface area contributed by atoms with Gasteiger partial charge in [0.25, 0.3) is 5.91 Å². The first kappa shape index (κ1) is 16.7. The lowest BCUT2D eigenvalue weighted by Gasteiger charge is -2.24. The van der Waals surface area contributed by atoms with Crippen LogP contribution < -0.4 is 15.5 Å². The molecule has 24 heavy (non-hydrogen) atoms. The lowest BCUT2D eigenvalue weighted by Crippen LogP contribution is -2.45. The average molecular weight is 347 g/mol. The fraction of sp³-hybridized carbons (Fsp3) is 0.438. The van der Waals surface area contributed by atoms with Crippen molar-refractivity contribution in [1.82, 2.24) is 15.3 Å². The first-order valence-corrected chi connectivity index (χ1v) is 8.62. The van der Waals surface area contributed by atoms with E-state index in [-0.39, 0.29) is 12.5 Å². The maximum atomic E-state index is 12.1. The molecular weight excluding hydrogens is 326 g/mol. The second kappa shape index (κ2) is 6.74. The number of rotatable bonds is 5. The standard InChI is InChI=1S/C16H21N5O2S/c1-11-3-4-12(24-11)15(22)18-8-16(23)5-6-21(9-16)14-7-13(17-2)19-10-20-14/h3-4,7,10,23H,5-6,8-9H2,1-2H3,(H,18,22)(H,17,19,20)/t16-/m1/s1. The van der Waals surface area contributed by atoms with Gasteiger partial charge >= 0.3 is 0 Å². The van der Waals surface area contributed by atoms with Gasteiger partial charge in [-0.1, -0.05) is 0 Å². The summed E-state index contributed by atoms with van der Waals surface area (Å²) in [5, 5.41) is 16.6. The third-order valence-electron chi connectivity index (χ3n) is 4.11. The fourth-order valence-electron chi connectivity index (χ4n) is 2.74. The van der Waals surface area contributed by atoms with Crippen LogP contribution in [-0.4, -0.2) is 53.3 Å². The van der Waals surface area contributed by atoms with Gasteiger partial charge < -0.3 is 20.6 Å². The lowest BCUT2D eigenvalue weighted by atomic mass is 10.0. The molecule has 1 saturated heterocycles. The summed E-state index contributed by atoms with van der Waals surface area (Å²) >= 11 is 1.45. The van der Waals surface area contributed by atoms with Crippen molar-refractivity contribution < 1.29 is 9.90 Å². The zero-order valence-electron chi connectivity index (χ0n) is 13.7. The summed E-state index contributed by atoms with van der Waals surface area (Å²) in [6.07, 6.45) is 2.08. The molecule has 0 unspecified atom stereocenters. The van der Waals surface area contributed by atoms with E-state index in [1.165, 1.54) is 17.7 Å². The van der Waals surface area contributed by atoms with E-state index in [4.69, 9.17) is 0 Å². The molecule has 7 nitrogen and oxygen atoms in total. The molecule has 2 aromatic heterocycles.